The standard InChI is InChI=1S/C30H35N5O/c1-3-8-24(18-25-17-22(25)2)27-20-29-31-26(19-30(35(29)32-27)33-13-15-36-16-14-33)21-34-12-7-11-28(34)23-9-5-4-6-10-23/h3-6,8-10,17-20,25,28H,7,11-16,21H2,1-2H3/b8-3-,24-18+. The Balaban J connectivity index is 1.37. The summed E-state index contributed by atoms with van der Waals surface area (Å²) in [7, 11) is 0. The summed E-state index contributed by atoms with van der Waals surface area (Å²) in [6.45, 7) is 9.41. The zero-order chi connectivity index (χ0) is 24.5. The molecular weight excluding hydrogens is 446 g/mol. The molecule has 0 saturated carbocycles. The fourth-order valence-corrected chi connectivity index (χ4v) is 5.54. The number of hydrogen-bond donors (Lipinski definition) is 0. The van der Waals surface area contributed by atoms with Gasteiger partial charge in [-0.15, -0.1) is 0 Å². The average molecular weight is 482 g/mol. The predicted molar refractivity (Wildman–Crippen MR) is 145 cm³/mol. The number of fused-ring (bicyclic) bond motifs is 1. The highest BCUT2D eigenvalue weighted by Crippen LogP contribution is 2.35. The summed E-state index contributed by atoms with van der Waals surface area (Å²) in [5, 5.41) is 5.06. The Morgan fingerprint density at radius 3 is 2.67 bits per heavy atom. The first-order valence-corrected chi connectivity index (χ1v) is 13.2. The third kappa shape index (κ3) is 4.75. The van der Waals surface area contributed by atoms with Gasteiger partial charge in [-0.1, -0.05) is 60.2 Å². The zero-order valence-corrected chi connectivity index (χ0v) is 21.3. The molecule has 2 fully saturated rings. The lowest BCUT2D eigenvalue weighted by Crippen LogP contribution is -2.37. The third-order valence-electron chi connectivity index (χ3n) is 7.57. The van der Waals surface area contributed by atoms with Gasteiger partial charge in [0.1, 0.15) is 5.82 Å². The van der Waals surface area contributed by atoms with E-state index in [0.29, 0.717) is 12.0 Å². The number of aromatic nitrogens is 3. The van der Waals surface area contributed by atoms with Crippen LogP contribution in [-0.2, 0) is 11.3 Å². The molecule has 3 aliphatic rings. The molecule has 2 aromatic heterocycles. The lowest BCUT2D eigenvalue weighted by molar-refractivity contribution is 0.122. The highest BCUT2D eigenvalue weighted by molar-refractivity contribution is 5.75. The number of nitrogens with zero attached hydrogens (tertiary/aromatic N) is 5. The van der Waals surface area contributed by atoms with Gasteiger partial charge in [0.05, 0.1) is 24.6 Å². The Morgan fingerprint density at radius 2 is 1.92 bits per heavy atom. The van der Waals surface area contributed by atoms with Crippen molar-refractivity contribution in [3.05, 3.63) is 89.3 Å². The number of ether oxygens (including phenoxy) is 1. The largest absolute Gasteiger partial charge is 0.378 e. The summed E-state index contributed by atoms with van der Waals surface area (Å²) in [6.07, 6.45) is 11.3. The molecule has 4 heterocycles. The molecule has 2 saturated heterocycles. The summed E-state index contributed by atoms with van der Waals surface area (Å²) < 4.78 is 7.69. The Hall–Kier alpha value is -3.22. The van der Waals surface area contributed by atoms with Gasteiger partial charge in [-0.05, 0) is 44.4 Å². The summed E-state index contributed by atoms with van der Waals surface area (Å²) >= 11 is 0. The first-order chi connectivity index (χ1) is 17.7. The van der Waals surface area contributed by atoms with Gasteiger partial charge in [-0.25, -0.2) is 4.98 Å². The number of benzene rings is 1. The molecule has 0 bridgehead atoms. The molecular formula is C30H35N5O. The molecule has 6 heteroatoms. The average Bonchev–Trinajstić information content (AvgIpc) is 3.25. The van der Waals surface area contributed by atoms with E-state index in [2.05, 4.69) is 90.4 Å². The van der Waals surface area contributed by atoms with Crippen LogP contribution in [0.3, 0.4) is 0 Å². The number of hydrogen-bond acceptors (Lipinski definition) is 5. The maximum absolute atomic E-state index is 5.65. The molecule has 1 aromatic carbocycles. The number of allylic oxidation sites excluding steroid dienone is 6. The second-order valence-electron chi connectivity index (χ2n) is 10.1. The second kappa shape index (κ2) is 10.0. The van der Waals surface area contributed by atoms with Crippen LogP contribution in [0.25, 0.3) is 11.2 Å². The van der Waals surface area contributed by atoms with Crippen molar-refractivity contribution in [2.45, 2.75) is 39.3 Å². The van der Waals surface area contributed by atoms with Crippen LogP contribution < -0.4 is 4.90 Å². The molecule has 6 rings (SSSR count). The quantitative estimate of drug-likeness (QED) is 0.332. The Kier molecular flexibility index (Phi) is 6.46. The molecule has 2 unspecified atom stereocenters. The molecule has 2 aliphatic heterocycles. The molecule has 2 atom stereocenters. The number of anilines is 1. The van der Waals surface area contributed by atoms with Crippen LogP contribution in [0.4, 0.5) is 5.82 Å². The van der Waals surface area contributed by atoms with Crippen molar-refractivity contribution in [1.29, 1.82) is 0 Å². The molecule has 0 spiro atoms. The maximum atomic E-state index is 5.65. The van der Waals surface area contributed by atoms with E-state index in [-0.39, 0.29) is 0 Å². The Bertz CT molecular complexity index is 1320. The van der Waals surface area contributed by atoms with Gasteiger partial charge in [0.25, 0.3) is 0 Å². The number of rotatable bonds is 7. The Labute approximate surface area is 213 Å². The summed E-state index contributed by atoms with van der Waals surface area (Å²) in [5.74, 6) is 1.56. The first-order valence-electron chi connectivity index (χ1n) is 13.2. The number of morpholine rings is 1. The monoisotopic (exact) mass is 481 g/mol. The molecule has 0 N–H and O–H groups in total. The van der Waals surface area contributed by atoms with Gasteiger partial charge in [-0.2, -0.15) is 9.61 Å². The van der Waals surface area contributed by atoms with Crippen LogP contribution in [0.5, 0.6) is 0 Å². The van der Waals surface area contributed by atoms with Crippen LogP contribution in [0.1, 0.15) is 49.7 Å². The van der Waals surface area contributed by atoms with Crippen LogP contribution in [0.2, 0.25) is 0 Å². The summed E-state index contributed by atoms with van der Waals surface area (Å²) in [6, 6.07) is 15.8. The van der Waals surface area contributed by atoms with Crippen LogP contribution in [0, 0.1) is 5.92 Å². The minimum atomic E-state index is 0.452. The van der Waals surface area contributed by atoms with E-state index in [4.69, 9.17) is 14.8 Å². The summed E-state index contributed by atoms with van der Waals surface area (Å²) in [5.41, 5.74) is 6.97. The molecule has 0 radical (unpaired) electrons. The highest BCUT2D eigenvalue weighted by Gasteiger charge is 2.27. The van der Waals surface area contributed by atoms with E-state index < -0.39 is 0 Å². The molecule has 36 heavy (non-hydrogen) atoms. The van der Waals surface area contributed by atoms with Crippen LogP contribution in [0.15, 0.2) is 72.3 Å². The van der Waals surface area contributed by atoms with Crippen molar-refractivity contribution in [3.63, 3.8) is 0 Å². The zero-order valence-electron chi connectivity index (χ0n) is 21.3. The van der Waals surface area contributed by atoms with E-state index in [1.54, 1.807) is 0 Å². The third-order valence-corrected chi connectivity index (χ3v) is 7.57. The second-order valence-corrected chi connectivity index (χ2v) is 10.1. The van der Waals surface area contributed by atoms with Crippen LogP contribution >= 0.6 is 0 Å². The van der Waals surface area contributed by atoms with E-state index in [1.807, 2.05) is 4.52 Å². The maximum Gasteiger partial charge on any atom is 0.158 e. The fraction of sp³-hybridized carbons (Fsp3) is 0.400. The van der Waals surface area contributed by atoms with Crippen molar-refractivity contribution in [3.8, 4) is 0 Å². The fourth-order valence-electron chi connectivity index (χ4n) is 5.54. The predicted octanol–water partition coefficient (Wildman–Crippen LogP) is 5.44. The highest BCUT2D eigenvalue weighted by atomic mass is 16.5. The minimum Gasteiger partial charge on any atom is -0.378 e. The molecule has 186 valence electrons. The van der Waals surface area contributed by atoms with E-state index in [0.717, 1.165) is 67.8 Å². The van der Waals surface area contributed by atoms with Gasteiger partial charge in [0.2, 0.25) is 0 Å². The SMILES string of the molecule is C/C=C\C(=C/C1C=C1C)c1cc2nc(CN3CCCC3c3ccccc3)cc(N3CCOCC3)n2n1. The van der Waals surface area contributed by atoms with Gasteiger partial charge in [-0.3, -0.25) is 4.90 Å². The minimum absolute atomic E-state index is 0.452. The van der Waals surface area contributed by atoms with Gasteiger partial charge in [0.15, 0.2) is 5.65 Å². The molecule has 3 aromatic rings. The van der Waals surface area contributed by atoms with Crippen molar-refractivity contribution in [2.75, 3.05) is 37.7 Å². The Morgan fingerprint density at radius 1 is 1.11 bits per heavy atom. The van der Waals surface area contributed by atoms with Crippen molar-refractivity contribution in [2.24, 2.45) is 5.92 Å². The van der Waals surface area contributed by atoms with Gasteiger partial charge >= 0.3 is 0 Å². The van der Waals surface area contributed by atoms with Crippen molar-refractivity contribution < 1.29 is 4.74 Å². The normalized spacial score (nSPS) is 23.1. The van der Waals surface area contributed by atoms with Crippen molar-refractivity contribution >= 4 is 17.0 Å². The van der Waals surface area contributed by atoms with E-state index in [1.165, 1.54) is 24.0 Å². The lowest BCUT2D eigenvalue weighted by atomic mass is 10.0. The molecule has 1 aliphatic carbocycles. The smallest absolute Gasteiger partial charge is 0.158 e. The molecule has 0 amide bonds. The number of likely N-dealkylation sites (tertiary alicyclic amines) is 1. The first kappa shape index (κ1) is 23.2. The van der Waals surface area contributed by atoms with Crippen LogP contribution in [-0.4, -0.2) is 52.3 Å². The topological polar surface area (TPSA) is 45.9 Å². The summed E-state index contributed by atoms with van der Waals surface area (Å²) in [4.78, 5) is 10.1. The lowest BCUT2D eigenvalue weighted by Gasteiger charge is -2.30. The van der Waals surface area contributed by atoms with Crippen molar-refractivity contribution in [1.82, 2.24) is 19.5 Å². The van der Waals surface area contributed by atoms with Gasteiger partial charge in [0, 0.05) is 43.7 Å². The van der Waals surface area contributed by atoms with Gasteiger partial charge < -0.3 is 9.64 Å². The van der Waals surface area contributed by atoms with E-state index in [9.17, 15) is 0 Å². The van der Waals surface area contributed by atoms with E-state index >= 15 is 0 Å². The molecule has 6 nitrogen and oxygen atoms in total.